The Hall–Kier alpha value is -1.28. The van der Waals surface area contributed by atoms with Crippen molar-refractivity contribution in [3.63, 3.8) is 0 Å². The molecule has 1 spiro atoms. The topological polar surface area (TPSA) is 12.5 Å². The van der Waals surface area contributed by atoms with E-state index < -0.39 is 0 Å². The molecular weight excluding hydrogens is 210 g/mol. The number of hydrogen-bond donors (Lipinski definition) is 0. The van der Waals surface area contributed by atoms with Gasteiger partial charge in [-0.1, -0.05) is 29.8 Å². The van der Waals surface area contributed by atoms with Crippen molar-refractivity contribution >= 4 is 5.69 Å². The molecule has 0 aromatic heterocycles. The van der Waals surface area contributed by atoms with E-state index in [1.165, 1.54) is 17.7 Å². The lowest BCUT2D eigenvalue weighted by Crippen LogP contribution is -2.33. The number of nitrogens with zero attached hydrogens (tertiary/aromatic N) is 1. The van der Waals surface area contributed by atoms with Crippen LogP contribution in [-0.2, 0) is 4.74 Å². The van der Waals surface area contributed by atoms with Crippen LogP contribution in [0.15, 0.2) is 36.4 Å². The van der Waals surface area contributed by atoms with E-state index in [1.807, 2.05) is 0 Å². The molecule has 88 valence electrons. The Labute approximate surface area is 102 Å². The van der Waals surface area contributed by atoms with Crippen molar-refractivity contribution in [1.82, 2.24) is 0 Å². The molecule has 2 saturated heterocycles. The van der Waals surface area contributed by atoms with E-state index in [4.69, 9.17) is 4.74 Å². The molecule has 4 rings (SSSR count). The predicted molar refractivity (Wildman–Crippen MR) is 68.2 cm³/mol. The fraction of sp³-hybridized carbons (Fsp3) is 0.467. The summed E-state index contributed by atoms with van der Waals surface area (Å²) in [4.78, 5) is 2.47. The van der Waals surface area contributed by atoms with Crippen LogP contribution in [0, 0.1) is 12.8 Å². The summed E-state index contributed by atoms with van der Waals surface area (Å²) in [5, 5.41) is 0. The van der Waals surface area contributed by atoms with Gasteiger partial charge in [-0.3, -0.25) is 0 Å². The Kier molecular flexibility index (Phi) is 1.79. The predicted octanol–water partition coefficient (Wildman–Crippen LogP) is 2.53. The molecule has 0 aliphatic carbocycles. The zero-order valence-electron chi connectivity index (χ0n) is 10.1. The summed E-state index contributed by atoms with van der Waals surface area (Å²) < 4.78 is 6.11. The molecule has 3 aliphatic rings. The van der Waals surface area contributed by atoms with Gasteiger partial charge in [-0.05, 0) is 25.5 Å². The van der Waals surface area contributed by atoms with E-state index in [2.05, 4.69) is 48.2 Å². The Morgan fingerprint density at radius 1 is 1.29 bits per heavy atom. The summed E-state index contributed by atoms with van der Waals surface area (Å²) in [5.74, 6) is 0.693. The molecule has 1 aromatic carbocycles. The van der Waals surface area contributed by atoms with E-state index in [0.717, 1.165) is 13.1 Å². The third kappa shape index (κ3) is 1.31. The Balaban J connectivity index is 1.63. The van der Waals surface area contributed by atoms with Gasteiger partial charge < -0.3 is 9.64 Å². The van der Waals surface area contributed by atoms with Gasteiger partial charge in [0.1, 0.15) is 5.60 Å². The van der Waals surface area contributed by atoms with Gasteiger partial charge in [-0.2, -0.15) is 0 Å². The van der Waals surface area contributed by atoms with Gasteiger partial charge in [-0.25, -0.2) is 0 Å². The van der Waals surface area contributed by atoms with Crippen molar-refractivity contribution in [3.05, 3.63) is 42.0 Å². The van der Waals surface area contributed by atoms with Crippen molar-refractivity contribution in [2.24, 2.45) is 5.92 Å². The highest BCUT2D eigenvalue weighted by Crippen LogP contribution is 2.48. The lowest BCUT2D eigenvalue weighted by molar-refractivity contribution is 0.0351. The van der Waals surface area contributed by atoms with Gasteiger partial charge in [0, 0.05) is 18.2 Å². The summed E-state index contributed by atoms with van der Waals surface area (Å²) in [6.45, 7) is 4.30. The quantitative estimate of drug-likeness (QED) is 0.684. The van der Waals surface area contributed by atoms with Crippen LogP contribution in [-0.4, -0.2) is 24.8 Å². The second kappa shape index (κ2) is 3.14. The van der Waals surface area contributed by atoms with Crippen LogP contribution in [0.25, 0.3) is 0 Å². The summed E-state index contributed by atoms with van der Waals surface area (Å²) in [5.41, 5.74) is 2.69. The van der Waals surface area contributed by atoms with Gasteiger partial charge in [-0.15, -0.1) is 0 Å². The number of ether oxygens (including phenoxy) is 1. The van der Waals surface area contributed by atoms with Crippen molar-refractivity contribution in [2.45, 2.75) is 25.0 Å². The zero-order chi connectivity index (χ0) is 11.5. The summed E-state index contributed by atoms with van der Waals surface area (Å²) in [6.07, 6.45) is 6.16. The van der Waals surface area contributed by atoms with Gasteiger partial charge in [0.15, 0.2) is 0 Å². The number of hydrogen-bond acceptors (Lipinski definition) is 2. The van der Waals surface area contributed by atoms with Crippen molar-refractivity contribution < 1.29 is 4.74 Å². The molecule has 0 amide bonds. The highest BCUT2D eigenvalue weighted by molar-refractivity contribution is 5.51. The highest BCUT2D eigenvalue weighted by atomic mass is 16.5. The molecule has 3 heterocycles. The van der Waals surface area contributed by atoms with Gasteiger partial charge >= 0.3 is 0 Å². The smallest absolute Gasteiger partial charge is 0.109 e. The monoisotopic (exact) mass is 227 g/mol. The van der Waals surface area contributed by atoms with Crippen molar-refractivity contribution in [2.75, 3.05) is 18.0 Å². The first-order valence-corrected chi connectivity index (χ1v) is 6.44. The standard InChI is InChI=1S/C15H17NO/c1-11-2-4-13(5-3-11)16-9-12-8-14-6-7-15(12,10-16)17-14/h2-7,12,14H,8-10H2,1H3. The lowest BCUT2D eigenvalue weighted by atomic mass is 9.86. The third-order valence-electron chi connectivity index (χ3n) is 4.45. The number of aryl methyl sites for hydroxylation is 1. The molecule has 17 heavy (non-hydrogen) atoms. The number of fused-ring (bicyclic) bond motifs is 1. The Morgan fingerprint density at radius 3 is 2.82 bits per heavy atom. The fourth-order valence-corrected chi connectivity index (χ4v) is 3.50. The van der Waals surface area contributed by atoms with E-state index in [1.54, 1.807) is 0 Å². The van der Waals surface area contributed by atoms with Crippen LogP contribution in [0.5, 0.6) is 0 Å². The molecule has 1 aromatic rings. The average Bonchev–Trinajstić information content (AvgIpc) is 2.95. The first-order valence-electron chi connectivity index (χ1n) is 6.44. The number of benzene rings is 1. The summed E-state index contributed by atoms with van der Waals surface area (Å²) in [7, 11) is 0. The largest absolute Gasteiger partial charge is 0.368 e. The minimum atomic E-state index is 0.0373. The van der Waals surface area contributed by atoms with Gasteiger partial charge in [0.2, 0.25) is 0 Å². The van der Waals surface area contributed by atoms with Gasteiger partial charge in [0.05, 0.1) is 12.6 Å². The van der Waals surface area contributed by atoms with E-state index in [9.17, 15) is 0 Å². The zero-order valence-corrected chi connectivity index (χ0v) is 10.1. The fourth-order valence-electron chi connectivity index (χ4n) is 3.50. The van der Waals surface area contributed by atoms with Gasteiger partial charge in [0.25, 0.3) is 0 Å². The van der Waals surface area contributed by atoms with Crippen LogP contribution in [0.2, 0.25) is 0 Å². The van der Waals surface area contributed by atoms with Crippen LogP contribution in [0.3, 0.4) is 0 Å². The average molecular weight is 227 g/mol. The number of anilines is 1. The maximum Gasteiger partial charge on any atom is 0.109 e. The van der Waals surface area contributed by atoms with Crippen LogP contribution >= 0.6 is 0 Å². The second-order valence-electron chi connectivity index (χ2n) is 5.62. The third-order valence-corrected chi connectivity index (χ3v) is 4.45. The number of rotatable bonds is 1. The molecule has 0 saturated carbocycles. The molecule has 3 unspecified atom stereocenters. The minimum absolute atomic E-state index is 0.0373. The molecule has 3 aliphatic heterocycles. The molecule has 2 heteroatoms. The van der Waals surface area contributed by atoms with Crippen LogP contribution in [0.1, 0.15) is 12.0 Å². The first-order chi connectivity index (χ1) is 8.25. The highest BCUT2D eigenvalue weighted by Gasteiger charge is 2.55. The van der Waals surface area contributed by atoms with Crippen LogP contribution in [0.4, 0.5) is 5.69 Å². The van der Waals surface area contributed by atoms with Crippen LogP contribution < -0.4 is 4.90 Å². The normalized spacial score (nSPS) is 37.8. The van der Waals surface area contributed by atoms with E-state index in [0.29, 0.717) is 12.0 Å². The van der Waals surface area contributed by atoms with Crippen molar-refractivity contribution in [1.29, 1.82) is 0 Å². The van der Waals surface area contributed by atoms with E-state index in [-0.39, 0.29) is 5.60 Å². The Bertz CT molecular complexity index is 478. The molecule has 2 nitrogen and oxygen atoms in total. The maximum absolute atomic E-state index is 6.11. The molecule has 2 bridgehead atoms. The molecule has 0 radical (unpaired) electrons. The molecule has 3 atom stereocenters. The molecule has 0 N–H and O–H groups in total. The van der Waals surface area contributed by atoms with E-state index >= 15 is 0 Å². The SMILES string of the molecule is Cc1ccc(N2CC3CC4C=CC3(C2)O4)cc1. The minimum Gasteiger partial charge on any atom is -0.368 e. The van der Waals surface area contributed by atoms with Crippen molar-refractivity contribution in [3.8, 4) is 0 Å². The first kappa shape index (κ1) is 9.72. The summed E-state index contributed by atoms with van der Waals surface area (Å²) in [6, 6.07) is 8.83. The molecule has 2 fully saturated rings. The summed E-state index contributed by atoms with van der Waals surface area (Å²) >= 11 is 0. The second-order valence-corrected chi connectivity index (χ2v) is 5.62. The Morgan fingerprint density at radius 2 is 2.12 bits per heavy atom. The maximum atomic E-state index is 6.11. The lowest BCUT2D eigenvalue weighted by Gasteiger charge is -2.23. The molecular formula is C15H17NO.